The molecule has 0 spiro atoms. The van der Waals surface area contributed by atoms with Gasteiger partial charge in [0.15, 0.2) is 0 Å². The summed E-state index contributed by atoms with van der Waals surface area (Å²) in [5.74, 6) is 2.06. The highest BCUT2D eigenvalue weighted by Gasteiger charge is 2.22. The molecule has 0 atom stereocenters. The van der Waals surface area contributed by atoms with Gasteiger partial charge in [-0.25, -0.2) is 0 Å². The minimum absolute atomic E-state index is 0.359. The third-order valence-corrected chi connectivity index (χ3v) is 7.13. The molecule has 1 heteroatoms. The zero-order valence-corrected chi connectivity index (χ0v) is 18.7. The predicted molar refractivity (Wildman–Crippen MR) is 127 cm³/mol. The fourth-order valence-electron chi connectivity index (χ4n) is 5.21. The monoisotopic (exact) mass is 394 g/mol. The minimum Gasteiger partial charge on any atom is -0.508 e. The van der Waals surface area contributed by atoms with E-state index in [0.717, 1.165) is 17.2 Å². The van der Waals surface area contributed by atoms with Gasteiger partial charge in [0.05, 0.1) is 0 Å². The van der Waals surface area contributed by atoms with Crippen LogP contribution in [-0.2, 0) is 0 Å². The average Bonchev–Trinajstić information content (AvgIpc) is 2.75. The maximum atomic E-state index is 9.65. The van der Waals surface area contributed by atoms with Crippen LogP contribution in [-0.4, -0.2) is 5.11 Å². The van der Waals surface area contributed by atoms with Gasteiger partial charge < -0.3 is 5.11 Å². The molecule has 1 aliphatic carbocycles. The van der Waals surface area contributed by atoms with Crippen molar-refractivity contribution >= 4 is 10.8 Å². The van der Waals surface area contributed by atoms with Gasteiger partial charge in [-0.15, -0.1) is 0 Å². The van der Waals surface area contributed by atoms with Gasteiger partial charge in [-0.3, -0.25) is 0 Å². The van der Waals surface area contributed by atoms with Gasteiger partial charge in [-0.05, 0) is 66.0 Å². The van der Waals surface area contributed by atoms with Gasteiger partial charge >= 0.3 is 0 Å². The highest BCUT2D eigenvalue weighted by atomic mass is 16.3. The van der Waals surface area contributed by atoms with Crippen LogP contribution in [0.5, 0.6) is 5.75 Å². The van der Waals surface area contributed by atoms with Crippen LogP contribution < -0.4 is 0 Å². The zero-order valence-electron chi connectivity index (χ0n) is 18.7. The van der Waals surface area contributed by atoms with E-state index in [2.05, 4.69) is 25.1 Å². The Balaban J connectivity index is 1.28. The Morgan fingerprint density at radius 1 is 0.690 bits per heavy atom. The first kappa shape index (κ1) is 22.2. The Morgan fingerprint density at radius 2 is 1.28 bits per heavy atom. The second-order valence-electron chi connectivity index (χ2n) is 9.48. The molecular formula is C28H42O. The van der Waals surface area contributed by atoms with E-state index in [9.17, 15) is 5.11 Å². The lowest BCUT2D eigenvalue weighted by Crippen LogP contribution is -2.13. The van der Waals surface area contributed by atoms with Gasteiger partial charge in [0.25, 0.3) is 0 Å². The molecule has 2 aromatic rings. The quantitative estimate of drug-likeness (QED) is 0.356. The number of rotatable bonds is 12. The fourth-order valence-corrected chi connectivity index (χ4v) is 5.21. The average molecular weight is 395 g/mol. The molecule has 0 saturated heterocycles. The minimum atomic E-state index is 0.359. The van der Waals surface area contributed by atoms with Crippen LogP contribution in [0.1, 0.15) is 115 Å². The molecule has 0 unspecified atom stereocenters. The molecular weight excluding hydrogens is 352 g/mol. The molecule has 1 nitrogen and oxygen atoms in total. The summed E-state index contributed by atoms with van der Waals surface area (Å²) in [7, 11) is 0. The third-order valence-electron chi connectivity index (χ3n) is 7.13. The van der Waals surface area contributed by atoms with Crippen molar-refractivity contribution in [1.82, 2.24) is 0 Å². The lowest BCUT2D eigenvalue weighted by atomic mass is 9.76. The van der Waals surface area contributed by atoms with Crippen LogP contribution in [0.3, 0.4) is 0 Å². The number of benzene rings is 2. The summed E-state index contributed by atoms with van der Waals surface area (Å²) in [4.78, 5) is 0. The molecule has 0 aliphatic heterocycles. The van der Waals surface area contributed by atoms with Gasteiger partial charge in [0, 0.05) is 0 Å². The van der Waals surface area contributed by atoms with Crippen molar-refractivity contribution in [2.24, 2.45) is 5.92 Å². The maximum Gasteiger partial charge on any atom is 0.116 e. The molecule has 0 heterocycles. The summed E-state index contributed by atoms with van der Waals surface area (Å²) < 4.78 is 0. The Morgan fingerprint density at radius 3 is 1.97 bits per heavy atom. The molecule has 0 radical (unpaired) electrons. The molecule has 0 bridgehead atoms. The number of phenols is 1. The number of hydrogen-bond donors (Lipinski definition) is 1. The number of aromatic hydroxyl groups is 1. The molecule has 1 fully saturated rings. The normalized spacial score (nSPS) is 19.6. The van der Waals surface area contributed by atoms with Crippen LogP contribution in [0.2, 0.25) is 0 Å². The largest absolute Gasteiger partial charge is 0.508 e. The predicted octanol–water partition coefficient (Wildman–Crippen LogP) is 9.13. The van der Waals surface area contributed by atoms with Crippen molar-refractivity contribution in [3.63, 3.8) is 0 Å². The molecule has 0 amide bonds. The van der Waals surface area contributed by atoms with Crippen molar-refractivity contribution in [2.45, 2.75) is 109 Å². The third kappa shape index (κ3) is 7.36. The van der Waals surface area contributed by atoms with E-state index in [1.165, 1.54) is 107 Å². The SMILES string of the molecule is CCCCCCCCCCCCC1CCC(c2ccc3cc(O)ccc3c2)CC1. The lowest BCUT2D eigenvalue weighted by Gasteiger charge is -2.29. The van der Waals surface area contributed by atoms with Crippen LogP contribution in [0.25, 0.3) is 10.8 Å². The van der Waals surface area contributed by atoms with Gasteiger partial charge in [-0.2, -0.15) is 0 Å². The molecule has 3 rings (SSSR count). The topological polar surface area (TPSA) is 20.2 Å². The van der Waals surface area contributed by atoms with Crippen LogP contribution in [0, 0.1) is 5.92 Å². The molecule has 1 aliphatic rings. The summed E-state index contributed by atoms with van der Waals surface area (Å²) in [5, 5.41) is 12.0. The Hall–Kier alpha value is -1.50. The Kier molecular flexibility index (Phi) is 9.38. The first-order valence-electron chi connectivity index (χ1n) is 12.5. The summed E-state index contributed by atoms with van der Waals surface area (Å²) >= 11 is 0. The molecule has 2 aromatic carbocycles. The Labute approximate surface area is 178 Å². The highest BCUT2D eigenvalue weighted by Crippen LogP contribution is 2.38. The van der Waals surface area contributed by atoms with E-state index in [-0.39, 0.29) is 0 Å². The van der Waals surface area contributed by atoms with E-state index in [0.29, 0.717) is 5.75 Å². The van der Waals surface area contributed by atoms with E-state index < -0.39 is 0 Å². The number of unbranched alkanes of at least 4 members (excludes halogenated alkanes) is 9. The number of hydrogen-bond acceptors (Lipinski definition) is 1. The molecule has 1 N–H and O–H groups in total. The lowest BCUT2D eigenvalue weighted by molar-refractivity contribution is 0.302. The molecule has 160 valence electrons. The highest BCUT2D eigenvalue weighted by molar-refractivity contribution is 5.84. The fraction of sp³-hybridized carbons (Fsp3) is 0.643. The molecule has 0 aromatic heterocycles. The Bertz CT molecular complexity index is 711. The second kappa shape index (κ2) is 12.3. The second-order valence-corrected chi connectivity index (χ2v) is 9.48. The smallest absolute Gasteiger partial charge is 0.116 e. The van der Waals surface area contributed by atoms with E-state index in [1.807, 2.05) is 12.1 Å². The summed E-state index contributed by atoms with van der Waals surface area (Å²) in [6, 6.07) is 12.5. The van der Waals surface area contributed by atoms with Gasteiger partial charge in [0.2, 0.25) is 0 Å². The van der Waals surface area contributed by atoms with Gasteiger partial charge in [0.1, 0.15) is 5.75 Å². The van der Waals surface area contributed by atoms with Crippen molar-refractivity contribution in [3.8, 4) is 5.75 Å². The van der Waals surface area contributed by atoms with Gasteiger partial charge in [-0.1, -0.05) is 102 Å². The summed E-state index contributed by atoms with van der Waals surface area (Å²) in [6.45, 7) is 2.29. The first-order chi connectivity index (χ1) is 14.3. The van der Waals surface area contributed by atoms with Crippen molar-refractivity contribution in [1.29, 1.82) is 0 Å². The molecule has 1 saturated carbocycles. The maximum absolute atomic E-state index is 9.65. The van der Waals surface area contributed by atoms with Crippen LogP contribution in [0.4, 0.5) is 0 Å². The van der Waals surface area contributed by atoms with E-state index in [4.69, 9.17) is 0 Å². The zero-order chi connectivity index (χ0) is 20.3. The standard InChI is InChI=1S/C28H42O/c1-2-3-4-5-6-7-8-9-10-11-12-23-13-15-24(16-14-23)25-17-18-27-22-28(29)20-19-26(27)21-25/h17-24,29H,2-16H2,1H3. The van der Waals surface area contributed by atoms with Crippen LogP contribution >= 0.6 is 0 Å². The van der Waals surface area contributed by atoms with Crippen LogP contribution in [0.15, 0.2) is 36.4 Å². The summed E-state index contributed by atoms with van der Waals surface area (Å²) in [6.07, 6.45) is 21.4. The number of phenolic OH excluding ortho intramolecular Hbond substituents is 1. The summed E-state index contributed by atoms with van der Waals surface area (Å²) in [5.41, 5.74) is 1.50. The van der Waals surface area contributed by atoms with E-state index >= 15 is 0 Å². The van der Waals surface area contributed by atoms with E-state index in [1.54, 1.807) is 6.07 Å². The van der Waals surface area contributed by atoms with Crippen molar-refractivity contribution in [3.05, 3.63) is 42.0 Å². The first-order valence-corrected chi connectivity index (χ1v) is 12.5. The molecule has 29 heavy (non-hydrogen) atoms. The number of fused-ring (bicyclic) bond motifs is 1. The van der Waals surface area contributed by atoms with Crippen molar-refractivity contribution in [2.75, 3.05) is 0 Å². The van der Waals surface area contributed by atoms with Crippen molar-refractivity contribution < 1.29 is 5.11 Å².